The molecule has 2 N–H and O–H groups in total. The van der Waals surface area contributed by atoms with E-state index in [9.17, 15) is 4.79 Å². The number of hydrogen-bond acceptors (Lipinski definition) is 3. The van der Waals surface area contributed by atoms with Crippen LogP contribution in [0.3, 0.4) is 0 Å². The third-order valence-corrected chi connectivity index (χ3v) is 3.78. The molecule has 1 amide bonds. The summed E-state index contributed by atoms with van der Waals surface area (Å²) in [6.45, 7) is 7.85. The Bertz CT molecular complexity index is 456. The SMILES string of the molecule is CC(C)Oc1ccc(C(C)NC(=O)C2CCCNC2)cc1.Cl. The van der Waals surface area contributed by atoms with Crippen molar-refractivity contribution in [2.45, 2.75) is 45.8 Å². The van der Waals surface area contributed by atoms with Gasteiger partial charge in [-0.2, -0.15) is 0 Å². The molecule has 1 aliphatic rings. The summed E-state index contributed by atoms with van der Waals surface area (Å²) in [4.78, 5) is 12.2. The summed E-state index contributed by atoms with van der Waals surface area (Å²) in [5.74, 6) is 1.12. The normalized spacial score (nSPS) is 19.2. The molecule has 0 radical (unpaired) electrons. The van der Waals surface area contributed by atoms with E-state index >= 15 is 0 Å². The Morgan fingerprint density at radius 3 is 2.50 bits per heavy atom. The maximum absolute atomic E-state index is 12.2. The molecule has 0 aliphatic carbocycles. The van der Waals surface area contributed by atoms with Crippen LogP contribution in [0.5, 0.6) is 5.75 Å². The first kappa shape index (κ1) is 18.8. The van der Waals surface area contributed by atoms with E-state index in [1.807, 2.05) is 45.0 Å². The van der Waals surface area contributed by atoms with Gasteiger partial charge in [-0.05, 0) is 57.9 Å². The van der Waals surface area contributed by atoms with E-state index in [0.717, 1.165) is 37.2 Å². The van der Waals surface area contributed by atoms with Crippen molar-refractivity contribution >= 4 is 18.3 Å². The maximum Gasteiger partial charge on any atom is 0.224 e. The first-order chi connectivity index (χ1) is 10.1. The van der Waals surface area contributed by atoms with Gasteiger partial charge in [0.05, 0.1) is 18.1 Å². The van der Waals surface area contributed by atoms with Gasteiger partial charge in [-0.15, -0.1) is 12.4 Å². The Morgan fingerprint density at radius 2 is 1.95 bits per heavy atom. The van der Waals surface area contributed by atoms with Crippen LogP contribution in [-0.4, -0.2) is 25.1 Å². The summed E-state index contributed by atoms with van der Waals surface area (Å²) in [7, 11) is 0. The number of ether oxygens (including phenoxy) is 1. The average Bonchev–Trinajstić information content (AvgIpc) is 2.48. The summed E-state index contributed by atoms with van der Waals surface area (Å²) in [5.41, 5.74) is 1.10. The van der Waals surface area contributed by atoms with Crippen molar-refractivity contribution in [3.05, 3.63) is 29.8 Å². The first-order valence-corrected chi connectivity index (χ1v) is 7.84. The summed E-state index contributed by atoms with van der Waals surface area (Å²) in [6, 6.07) is 7.97. The number of amides is 1. The summed E-state index contributed by atoms with van der Waals surface area (Å²) < 4.78 is 5.63. The van der Waals surface area contributed by atoms with Crippen LogP contribution in [0.1, 0.15) is 45.2 Å². The lowest BCUT2D eigenvalue weighted by atomic mass is 9.98. The second-order valence-electron chi connectivity index (χ2n) is 6.01. The quantitative estimate of drug-likeness (QED) is 0.874. The molecule has 5 heteroatoms. The number of piperidine rings is 1. The van der Waals surface area contributed by atoms with Gasteiger partial charge in [-0.3, -0.25) is 4.79 Å². The lowest BCUT2D eigenvalue weighted by Crippen LogP contribution is -2.41. The van der Waals surface area contributed by atoms with Crippen molar-refractivity contribution in [1.29, 1.82) is 0 Å². The number of hydrogen-bond donors (Lipinski definition) is 2. The highest BCUT2D eigenvalue weighted by molar-refractivity contribution is 5.85. The lowest BCUT2D eigenvalue weighted by molar-refractivity contribution is -0.126. The standard InChI is InChI=1S/C17H26N2O2.ClH/c1-12(2)21-16-8-6-14(7-9-16)13(3)19-17(20)15-5-4-10-18-11-15;/h6-9,12-13,15,18H,4-5,10-11H2,1-3H3,(H,19,20);1H. The van der Waals surface area contributed by atoms with Gasteiger partial charge < -0.3 is 15.4 Å². The summed E-state index contributed by atoms with van der Waals surface area (Å²) >= 11 is 0. The molecule has 1 aromatic rings. The zero-order valence-corrected chi connectivity index (χ0v) is 14.4. The van der Waals surface area contributed by atoms with Gasteiger partial charge in [0.25, 0.3) is 0 Å². The van der Waals surface area contributed by atoms with Gasteiger partial charge in [0, 0.05) is 6.54 Å². The number of benzene rings is 1. The van der Waals surface area contributed by atoms with Crippen molar-refractivity contribution in [2.24, 2.45) is 5.92 Å². The van der Waals surface area contributed by atoms with Gasteiger partial charge in [0.1, 0.15) is 5.75 Å². The van der Waals surface area contributed by atoms with Gasteiger partial charge in [0.15, 0.2) is 0 Å². The van der Waals surface area contributed by atoms with Crippen LogP contribution in [-0.2, 0) is 4.79 Å². The first-order valence-electron chi connectivity index (χ1n) is 7.84. The Balaban J connectivity index is 0.00000242. The van der Waals surface area contributed by atoms with Crippen molar-refractivity contribution < 1.29 is 9.53 Å². The van der Waals surface area contributed by atoms with Gasteiger partial charge in [-0.25, -0.2) is 0 Å². The fraction of sp³-hybridized carbons (Fsp3) is 0.588. The Labute approximate surface area is 139 Å². The number of carbonyl (C=O) groups is 1. The molecule has 0 spiro atoms. The average molecular weight is 327 g/mol. The molecule has 124 valence electrons. The third kappa shape index (κ3) is 5.50. The molecule has 1 saturated heterocycles. The van der Waals surface area contributed by atoms with Gasteiger partial charge in [0.2, 0.25) is 5.91 Å². The van der Waals surface area contributed by atoms with E-state index < -0.39 is 0 Å². The fourth-order valence-corrected chi connectivity index (χ4v) is 2.60. The van der Waals surface area contributed by atoms with Gasteiger partial charge >= 0.3 is 0 Å². The number of halogens is 1. The number of rotatable bonds is 5. The predicted molar refractivity (Wildman–Crippen MR) is 91.6 cm³/mol. The number of nitrogens with one attached hydrogen (secondary N) is 2. The van der Waals surface area contributed by atoms with Crippen LogP contribution in [0.4, 0.5) is 0 Å². The monoisotopic (exact) mass is 326 g/mol. The molecule has 1 aromatic carbocycles. The lowest BCUT2D eigenvalue weighted by Gasteiger charge is -2.24. The van der Waals surface area contributed by atoms with E-state index in [1.54, 1.807) is 0 Å². The molecule has 22 heavy (non-hydrogen) atoms. The minimum absolute atomic E-state index is 0. The van der Waals surface area contributed by atoms with E-state index in [4.69, 9.17) is 4.74 Å². The van der Waals surface area contributed by atoms with Crippen molar-refractivity contribution in [1.82, 2.24) is 10.6 Å². The molecule has 2 atom stereocenters. The zero-order chi connectivity index (χ0) is 15.2. The number of carbonyl (C=O) groups excluding carboxylic acids is 1. The second kappa shape index (κ2) is 9.01. The highest BCUT2D eigenvalue weighted by Gasteiger charge is 2.22. The van der Waals surface area contributed by atoms with Crippen LogP contribution in [0.25, 0.3) is 0 Å². The summed E-state index contributed by atoms with van der Waals surface area (Å²) in [6.07, 6.45) is 2.23. The molecule has 2 unspecified atom stereocenters. The van der Waals surface area contributed by atoms with Crippen molar-refractivity contribution in [3.8, 4) is 5.75 Å². The van der Waals surface area contributed by atoms with Crippen LogP contribution >= 0.6 is 12.4 Å². The topological polar surface area (TPSA) is 50.4 Å². The minimum Gasteiger partial charge on any atom is -0.491 e. The van der Waals surface area contributed by atoms with E-state index in [0.29, 0.717) is 0 Å². The predicted octanol–water partition coefficient (Wildman–Crippen LogP) is 3.07. The Hall–Kier alpha value is -1.26. The van der Waals surface area contributed by atoms with E-state index in [-0.39, 0.29) is 36.4 Å². The minimum atomic E-state index is 0. The molecule has 2 rings (SSSR count). The molecule has 0 aromatic heterocycles. The zero-order valence-electron chi connectivity index (χ0n) is 13.6. The maximum atomic E-state index is 12.2. The van der Waals surface area contributed by atoms with Crippen LogP contribution in [0.2, 0.25) is 0 Å². The Kier molecular flexibility index (Phi) is 7.69. The highest BCUT2D eigenvalue weighted by atomic mass is 35.5. The molecule has 4 nitrogen and oxygen atoms in total. The molecule has 0 saturated carbocycles. The second-order valence-corrected chi connectivity index (χ2v) is 6.01. The highest BCUT2D eigenvalue weighted by Crippen LogP contribution is 2.19. The largest absolute Gasteiger partial charge is 0.491 e. The van der Waals surface area contributed by atoms with Crippen LogP contribution in [0, 0.1) is 5.92 Å². The smallest absolute Gasteiger partial charge is 0.224 e. The Morgan fingerprint density at radius 1 is 1.27 bits per heavy atom. The molecule has 1 heterocycles. The van der Waals surface area contributed by atoms with Gasteiger partial charge in [-0.1, -0.05) is 12.1 Å². The van der Waals surface area contributed by atoms with Crippen molar-refractivity contribution in [2.75, 3.05) is 13.1 Å². The molecule has 1 fully saturated rings. The molecular weight excluding hydrogens is 300 g/mol. The summed E-state index contributed by atoms with van der Waals surface area (Å²) in [5, 5.41) is 6.38. The van der Waals surface area contributed by atoms with E-state index in [2.05, 4.69) is 10.6 Å². The van der Waals surface area contributed by atoms with Crippen molar-refractivity contribution in [3.63, 3.8) is 0 Å². The third-order valence-electron chi connectivity index (χ3n) is 3.78. The van der Waals surface area contributed by atoms with Crippen LogP contribution < -0.4 is 15.4 Å². The van der Waals surface area contributed by atoms with Crippen LogP contribution in [0.15, 0.2) is 24.3 Å². The van der Waals surface area contributed by atoms with E-state index in [1.165, 1.54) is 0 Å². The molecule has 0 bridgehead atoms. The molecule has 1 aliphatic heterocycles. The molecular formula is C17H27ClN2O2. The fourth-order valence-electron chi connectivity index (χ4n) is 2.60.